The summed E-state index contributed by atoms with van der Waals surface area (Å²) >= 11 is 1.13. The highest BCUT2D eigenvalue weighted by Gasteiger charge is 2.33. The number of carbonyl (C=O) groups excluding carboxylic acids is 2. The molecule has 1 heterocycles. The zero-order valence-electron chi connectivity index (χ0n) is 11.3. The van der Waals surface area contributed by atoms with E-state index in [1.807, 2.05) is 0 Å². The van der Waals surface area contributed by atoms with Gasteiger partial charge in [-0.3, -0.25) is 9.59 Å². The highest BCUT2D eigenvalue weighted by atomic mass is 32.2. The van der Waals surface area contributed by atoms with Gasteiger partial charge in [0.2, 0.25) is 5.91 Å². The molecule has 1 N–H and O–H groups in total. The highest BCUT2D eigenvalue weighted by molar-refractivity contribution is 8.14. The number of thioether (sulfide) groups is 1. The summed E-state index contributed by atoms with van der Waals surface area (Å²) in [6.07, 6.45) is 0.261. The Hall–Kier alpha value is -1.82. The third kappa shape index (κ3) is 3.01. The van der Waals surface area contributed by atoms with Crippen LogP contribution in [0.3, 0.4) is 0 Å². The summed E-state index contributed by atoms with van der Waals surface area (Å²) in [7, 11) is 0. The fraction of sp³-hybridized carbons (Fsp3) is 0.357. The molecule has 2 rings (SSSR count). The quantitative estimate of drug-likeness (QED) is 0.923. The van der Waals surface area contributed by atoms with Crippen LogP contribution in [-0.4, -0.2) is 33.9 Å². The molecule has 0 radical (unpaired) electrons. The molecule has 1 saturated heterocycles. The average molecular weight is 293 g/mol. The van der Waals surface area contributed by atoms with Gasteiger partial charge in [0.05, 0.1) is 11.3 Å². The van der Waals surface area contributed by atoms with Crippen molar-refractivity contribution >= 4 is 34.4 Å². The normalized spacial score (nSPS) is 18.4. The molecule has 0 spiro atoms. The Labute approximate surface area is 121 Å². The van der Waals surface area contributed by atoms with Crippen LogP contribution in [0.1, 0.15) is 29.3 Å². The third-order valence-corrected chi connectivity index (χ3v) is 4.08. The predicted molar refractivity (Wildman–Crippen MR) is 77.2 cm³/mol. The molecule has 1 atom stereocenters. The molecule has 1 amide bonds. The van der Waals surface area contributed by atoms with E-state index < -0.39 is 5.97 Å². The maximum absolute atomic E-state index is 12.0. The van der Waals surface area contributed by atoms with E-state index >= 15 is 0 Å². The molecule has 6 heteroatoms. The molecular formula is C14H15NO4S. The lowest BCUT2D eigenvalue weighted by Gasteiger charge is -2.19. The number of aromatic carboxylic acids is 1. The first-order valence-electron chi connectivity index (χ1n) is 6.20. The van der Waals surface area contributed by atoms with Gasteiger partial charge in [0.25, 0.3) is 0 Å². The molecule has 1 aromatic carbocycles. The fourth-order valence-electron chi connectivity index (χ4n) is 2.28. The first-order chi connectivity index (χ1) is 9.38. The van der Waals surface area contributed by atoms with Crippen molar-refractivity contribution in [2.75, 3.05) is 11.4 Å². The van der Waals surface area contributed by atoms with Crippen LogP contribution in [0.5, 0.6) is 0 Å². The zero-order valence-corrected chi connectivity index (χ0v) is 12.1. The Kier molecular flexibility index (Phi) is 4.13. The molecule has 1 aromatic rings. The molecule has 1 fully saturated rings. The van der Waals surface area contributed by atoms with Crippen molar-refractivity contribution in [3.63, 3.8) is 0 Å². The summed E-state index contributed by atoms with van der Waals surface area (Å²) in [5.74, 6) is -1.20. The van der Waals surface area contributed by atoms with Crippen molar-refractivity contribution in [2.24, 2.45) is 0 Å². The second-order valence-corrected chi connectivity index (χ2v) is 6.24. The summed E-state index contributed by atoms with van der Waals surface area (Å²) in [6.45, 7) is 3.63. The van der Waals surface area contributed by atoms with E-state index in [2.05, 4.69) is 0 Å². The van der Waals surface area contributed by atoms with Crippen molar-refractivity contribution in [3.8, 4) is 0 Å². The van der Waals surface area contributed by atoms with Gasteiger partial charge in [-0.05, 0) is 19.1 Å². The van der Waals surface area contributed by atoms with Gasteiger partial charge in [-0.1, -0.05) is 23.4 Å². The minimum Gasteiger partial charge on any atom is -0.478 e. The lowest BCUT2D eigenvalue weighted by molar-refractivity contribution is -0.117. The standard InChI is InChI=1S/C14H15NO4S/c1-8-3-4-12(11(5-8)14(18)19)15-7-10(6-13(15)17)20-9(2)16/h3-5,10H,6-7H2,1-2H3,(H,18,19). The molecule has 1 unspecified atom stereocenters. The molecule has 0 bridgehead atoms. The van der Waals surface area contributed by atoms with Crippen molar-refractivity contribution in [1.82, 2.24) is 0 Å². The van der Waals surface area contributed by atoms with E-state index in [0.717, 1.165) is 17.3 Å². The summed E-state index contributed by atoms with van der Waals surface area (Å²) < 4.78 is 0. The van der Waals surface area contributed by atoms with Gasteiger partial charge in [0.15, 0.2) is 5.12 Å². The van der Waals surface area contributed by atoms with Crippen LogP contribution in [-0.2, 0) is 9.59 Å². The molecule has 1 aliphatic heterocycles. The maximum Gasteiger partial charge on any atom is 0.337 e. The Morgan fingerprint density at radius 1 is 1.40 bits per heavy atom. The van der Waals surface area contributed by atoms with E-state index in [1.54, 1.807) is 25.1 Å². The first kappa shape index (κ1) is 14.6. The number of hydrogen-bond donors (Lipinski definition) is 1. The lowest BCUT2D eigenvalue weighted by atomic mass is 10.1. The van der Waals surface area contributed by atoms with Crippen LogP contribution in [0.4, 0.5) is 5.69 Å². The number of amides is 1. The first-order valence-corrected chi connectivity index (χ1v) is 7.08. The van der Waals surface area contributed by atoms with Gasteiger partial charge >= 0.3 is 5.97 Å². The predicted octanol–water partition coefficient (Wildman–Crippen LogP) is 2.08. The minimum atomic E-state index is -1.06. The highest BCUT2D eigenvalue weighted by Crippen LogP contribution is 2.31. The molecule has 0 aromatic heterocycles. The monoisotopic (exact) mass is 293 g/mol. The summed E-state index contributed by atoms with van der Waals surface area (Å²) in [5, 5.41) is 9.11. The Bertz CT molecular complexity index is 585. The minimum absolute atomic E-state index is 0.0352. The summed E-state index contributed by atoms with van der Waals surface area (Å²) in [5.41, 5.74) is 1.35. The van der Waals surface area contributed by atoms with Gasteiger partial charge in [-0.15, -0.1) is 0 Å². The Morgan fingerprint density at radius 3 is 2.70 bits per heavy atom. The fourth-order valence-corrected chi connectivity index (χ4v) is 3.20. The van der Waals surface area contributed by atoms with Crippen LogP contribution in [0.15, 0.2) is 18.2 Å². The number of nitrogens with zero attached hydrogens (tertiary/aromatic N) is 1. The van der Waals surface area contributed by atoms with E-state index in [-0.39, 0.29) is 28.3 Å². The van der Waals surface area contributed by atoms with Crippen LogP contribution in [0.25, 0.3) is 0 Å². The van der Waals surface area contributed by atoms with Crippen LogP contribution < -0.4 is 4.90 Å². The number of hydrogen-bond acceptors (Lipinski definition) is 4. The zero-order chi connectivity index (χ0) is 14.9. The lowest BCUT2D eigenvalue weighted by Crippen LogP contribution is -2.27. The molecular weight excluding hydrogens is 278 g/mol. The average Bonchev–Trinajstić information content (AvgIpc) is 2.69. The van der Waals surface area contributed by atoms with E-state index in [1.165, 1.54) is 11.8 Å². The van der Waals surface area contributed by atoms with Crippen molar-refractivity contribution in [3.05, 3.63) is 29.3 Å². The van der Waals surface area contributed by atoms with Crippen LogP contribution in [0.2, 0.25) is 0 Å². The molecule has 0 aliphatic carbocycles. The topological polar surface area (TPSA) is 74.7 Å². The van der Waals surface area contributed by atoms with Crippen LogP contribution >= 0.6 is 11.8 Å². The van der Waals surface area contributed by atoms with Gasteiger partial charge in [-0.2, -0.15) is 0 Å². The smallest absolute Gasteiger partial charge is 0.337 e. The number of benzene rings is 1. The molecule has 20 heavy (non-hydrogen) atoms. The van der Waals surface area contributed by atoms with Gasteiger partial charge in [-0.25, -0.2) is 4.79 Å². The summed E-state index contributed by atoms with van der Waals surface area (Å²) in [6, 6.07) is 4.98. The Morgan fingerprint density at radius 2 is 2.10 bits per heavy atom. The number of aryl methyl sites for hydroxylation is 1. The third-order valence-electron chi connectivity index (χ3n) is 3.10. The van der Waals surface area contributed by atoms with Crippen molar-refractivity contribution in [2.45, 2.75) is 25.5 Å². The second kappa shape index (κ2) is 5.66. The SMILES string of the molecule is CC(=O)SC1CC(=O)N(c2ccc(C)cc2C(=O)O)C1. The number of carboxylic acids is 1. The van der Waals surface area contributed by atoms with E-state index in [4.69, 9.17) is 0 Å². The van der Waals surface area contributed by atoms with Crippen LogP contribution in [0, 0.1) is 6.92 Å². The van der Waals surface area contributed by atoms with E-state index in [0.29, 0.717) is 12.2 Å². The van der Waals surface area contributed by atoms with Gasteiger partial charge in [0.1, 0.15) is 0 Å². The van der Waals surface area contributed by atoms with Gasteiger partial charge < -0.3 is 10.0 Å². The number of carboxylic acid groups (broad SMARTS) is 1. The molecule has 0 saturated carbocycles. The van der Waals surface area contributed by atoms with Crippen molar-refractivity contribution < 1.29 is 19.5 Å². The maximum atomic E-state index is 12.0. The molecule has 5 nitrogen and oxygen atoms in total. The van der Waals surface area contributed by atoms with Crippen molar-refractivity contribution in [1.29, 1.82) is 0 Å². The number of anilines is 1. The largest absolute Gasteiger partial charge is 0.478 e. The van der Waals surface area contributed by atoms with E-state index in [9.17, 15) is 19.5 Å². The molecule has 106 valence electrons. The second-order valence-electron chi connectivity index (χ2n) is 4.77. The van der Waals surface area contributed by atoms with Gasteiger partial charge in [0, 0.05) is 25.1 Å². The summed E-state index contributed by atoms with van der Waals surface area (Å²) in [4.78, 5) is 35.9. The number of carbonyl (C=O) groups is 3. The number of rotatable bonds is 3. The Balaban J connectivity index is 2.30. The molecule has 1 aliphatic rings.